The van der Waals surface area contributed by atoms with Gasteiger partial charge in [0.25, 0.3) is 0 Å². The molecule has 0 aromatic heterocycles. The van der Waals surface area contributed by atoms with Crippen molar-refractivity contribution >= 4 is 38.5 Å². The van der Waals surface area contributed by atoms with E-state index in [1.165, 1.54) is 10.4 Å². The normalized spacial score (nSPS) is 22.7. The zero-order valence-electron chi connectivity index (χ0n) is 22.9. The van der Waals surface area contributed by atoms with Crippen molar-refractivity contribution in [1.29, 1.82) is 0 Å². The van der Waals surface area contributed by atoms with Gasteiger partial charge >= 0.3 is 11.9 Å². The molecular formula is C28H40O6Si2. The third kappa shape index (κ3) is 6.53. The van der Waals surface area contributed by atoms with E-state index in [0.717, 1.165) is 12.8 Å². The summed E-state index contributed by atoms with van der Waals surface area (Å²) in [6.07, 6.45) is 2.94. The molecule has 2 atom stereocenters. The summed E-state index contributed by atoms with van der Waals surface area (Å²) in [5.74, 6) is -1.13. The van der Waals surface area contributed by atoms with Gasteiger partial charge in [-0.2, -0.15) is 9.78 Å². The van der Waals surface area contributed by atoms with Crippen molar-refractivity contribution in [1.82, 2.24) is 0 Å². The van der Waals surface area contributed by atoms with Crippen molar-refractivity contribution in [2.45, 2.75) is 90.0 Å². The zero-order chi connectivity index (χ0) is 26.8. The van der Waals surface area contributed by atoms with Gasteiger partial charge in [-0.15, -0.1) is 0 Å². The Labute approximate surface area is 217 Å². The Morgan fingerprint density at radius 3 is 1.19 bits per heavy atom. The van der Waals surface area contributed by atoms with E-state index in [4.69, 9.17) is 19.6 Å². The first-order valence-electron chi connectivity index (χ1n) is 12.7. The van der Waals surface area contributed by atoms with Crippen LogP contribution in [0.1, 0.15) is 60.2 Å². The molecule has 1 fully saturated rings. The van der Waals surface area contributed by atoms with Crippen LogP contribution in [0.4, 0.5) is 0 Å². The highest BCUT2D eigenvalue weighted by atomic mass is 28.3. The monoisotopic (exact) mass is 528 g/mol. The van der Waals surface area contributed by atoms with Gasteiger partial charge in [0.2, 0.25) is 0 Å². The van der Waals surface area contributed by atoms with Crippen LogP contribution < -0.4 is 10.4 Å². The number of rotatable bonds is 8. The molecule has 2 unspecified atom stereocenters. The summed E-state index contributed by atoms with van der Waals surface area (Å²) in [5.41, 5.74) is -1.12. The van der Waals surface area contributed by atoms with Crippen LogP contribution in [0.3, 0.4) is 0 Å². The fourth-order valence-electron chi connectivity index (χ4n) is 4.28. The molecule has 0 aliphatic heterocycles. The quantitative estimate of drug-likeness (QED) is 0.247. The molecule has 0 amide bonds. The van der Waals surface area contributed by atoms with Crippen LogP contribution in [0, 0.1) is 0 Å². The molecule has 0 heterocycles. The van der Waals surface area contributed by atoms with Crippen molar-refractivity contribution in [2.24, 2.45) is 0 Å². The molecule has 2 aromatic rings. The standard InChI is InChI=1S/C28H40O6Si2/c1-27(33-31-25(29)21-11-15-23(16-12-21)35(3,4)5)19-9-10-20-28(27,2)34-32-26(30)22-13-17-24(18-14-22)36(6,7)8/h11-18H,9-10,19-20H2,1-8H3. The first kappa shape index (κ1) is 28.3. The van der Waals surface area contributed by atoms with E-state index in [0.29, 0.717) is 24.0 Å². The number of hydrogen-bond acceptors (Lipinski definition) is 6. The van der Waals surface area contributed by atoms with Crippen molar-refractivity contribution < 1.29 is 29.1 Å². The van der Waals surface area contributed by atoms with E-state index in [1.807, 2.05) is 38.1 Å². The molecule has 196 valence electrons. The summed E-state index contributed by atoms with van der Waals surface area (Å²) in [4.78, 5) is 47.4. The molecule has 0 spiro atoms. The Bertz CT molecular complexity index is 982. The smallest absolute Gasteiger partial charge is 0.292 e. The minimum absolute atomic E-state index is 0.423. The predicted molar refractivity (Wildman–Crippen MR) is 147 cm³/mol. The van der Waals surface area contributed by atoms with Gasteiger partial charge in [0, 0.05) is 0 Å². The van der Waals surface area contributed by atoms with E-state index in [9.17, 15) is 9.59 Å². The maximum absolute atomic E-state index is 12.7. The van der Waals surface area contributed by atoms with E-state index in [1.54, 1.807) is 24.3 Å². The van der Waals surface area contributed by atoms with Gasteiger partial charge in [-0.3, -0.25) is 9.78 Å². The first-order valence-corrected chi connectivity index (χ1v) is 19.7. The summed E-state index contributed by atoms with van der Waals surface area (Å²) in [7, 11) is -2.92. The second-order valence-electron chi connectivity index (χ2n) is 12.2. The van der Waals surface area contributed by atoms with Crippen LogP contribution in [0.25, 0.3) is 0 Å². The molecule has 8 heteroatoms. The third-order valence-electron chi connectivity index (χ3n) is 7.25. The van der Waals surface area contributed by atoms with Crippen LogP contribution in [-0.2, 0) is 19.6 Å². The van der Waals surface area contributed by atoms with Gasteiger partial charge in [0.1, 0.15) is 11.2 Å². The van der Waals surface area contributed by atoms with Gasteiger partial charge in [-0.1, -0.05) is 86.8 Å². The Morgan fingerprint density at radius 1 is 0.611 bits per heavy atom. The Hall–Kier alpha value is -2.27. The summed E-state index contributed by atoms with van der Waals surface area (Å²) >= 11 is 0. The van der Waals surface area contributed by atoms with Crippen molar-refractivity contribution in [2.75, 3.05) is 0 Å². The molecule has 0 radical (unpaired) electrons. The minimum atomic E-state index is -1.46. The van der Waals surface area contributed by atoms with E-state index < -0.39 is 39.3 Å². The van der Waals surface area contributed by atoms with E-state index in [-0.39, 0.29) is 0 Å². The molecule has 6 nitrogen and oxygen atoms in total. The van der Waals surface area contributed by atoms with Gasteiger partial charge < -0.3 is 0 Å². The molecule has 36 heavy (non-hydrogen) atoms. The molecule has 3 rings (SSSR count). The highest BCUT2D eigenvalue weighted by molar-refractivity contribution is 6.89. The predicted octanol–water partition coefficient (Wildman–Crippen LogP) is 5.75. The van der Waals surface area contributed by atoms with Gasteiger partial charge in [-0.25, -0.2) is 9.59 Å². The summed E-state index contributed by atoms with van der Waals surface area (Å²) < 4.78 is 0. The fraction of sp³-hybridized carbons (Fsp3) is 0.500. The van der Waals surface area contributed by atoms with Gasteiger partial charge in [0.05, 0.1) is 27.3 Å². The lowest BCUT2D eigenvalue weighted by molar-refractivity contribution is -0.418. The minimum Gasteiger partial charge on any atom is -0.292 e. The topological polar surface area (TPSA) is 71.1 Å². The lowest BCUT2D eigenvalue weighted by Crippen LogP contribution is -2.56. The molecular weight excluding hydrogens is 488 g/mol. The molecule has 0 bridgehead atoms. The molecule has 1 aliphatic carbocycles. The second-order valence-corrected chi connectivity index (χ2v) is 22.4. The average molecular weight is 529 g/mol. The van der Waals surface area contributed by atoms with E-state index >= 15 is 0 Å². The van der Waals surface area contributed by atoms with Gasteiger partial charge in [-0.05, 0) is 51.0 Å². The number of hydrogen-bond donors (Lipinski definition) is 0. The van der Waals surface area contributed by atoms with Crippen molar-refractivity contribution in [3.63, 3.8) is 0 Å². The number of benzene rings is 2. The summed E-state index contributed by atoms with van der Waals surface area (Å²) in [5, 5.41) is 2.52. The zero-order valence-corrected chi connectivity index (χ0v) is 24.9. The maximum Gasteiger partial charge on any atom is 0.373 e. The molecule has 1 aliphatic rings. The Balaban J connectivity index is 1.64. The van der Waals surface area contributed by atoms with E-state index in [2.05, 4.69) is 39.3 Å². The fourth-order valence-corrected chi connectivity index (χ4v) is 6.61. The Kier molecular flexibility index (Phi) is 8.34. The average Bonchev–Trinajstić information content (AvgIpc) is 2.82. The van der Waals surface area contributed by atoms with Crippen molar-refractivity contribution in [3.8, 4) is 0 Å². The Morgan fingerprint density at radius 2 is 0.917 bits per heavy atom. The summed E-state index contributed by atoms with van der Waals surface area (Å²) in [6, 6.07) is 15.0. The highest BCUT2D eigenvalue weighted by Gasteiger charge is 2.53. The van der Waals surface area contributed by atoms with Crippen LogP contribution >= 0.6 is 0 Å². The molecule has 2 aromatic carbocycles. The SMILES string of the molecule is CC1(OOC(=O)c2ccc([Si](C)(C)C)cc2)CCCCC1(C)OOC(=O)c1ccc([Si](C)(C)C)cc1. The number of carbonyl (C=O) groups is 2. The lowest BCUT2D eigenvalue weighted by Gasteiger charge is -2.45. The van der Waals surface area contributed by atoms with Crippen LogP contribution in [0.5, 0.6) is 0 Å². The molecule has 0 saturated heterocycles. The first-order chi connectivity index (χ1) is 16.6. The number of carbonyl (C=O) groups excluding carboxylic acids is 2. The third-order valence-corrected chi connectivity index (χ3v) is 11.4. The maximum atomic E-state index is 12.7. The highest BCUT2D eigenvalue weighted by Crippen LogP contribution is 2.43. The summed E-state index contributed by atoms with van der Waals surface area (Å²) in [6.45, 7) is 17.2. The van der Waals surface area contributed by atoms with Crippen molar-refractivity contribution in [3.05, 3.63) is 59.7 Å². The second kappa shape index (κ2) is 10.6. The molecule has 0 N–H and O–H groups in total. The van der Waals surface area contributed by atoms with Crippen LogP contribution in [0.15, 0.2) is 48.5 Å². The van der Waals surface area contributed by atoms with Gasteiger partial charge in [0.15, 0.2) is 0 Å². The largest absolute Gasteiger partial charge is 0.373 e. The molecule has 1 saturated carbocycles. The van der Waals surface area contributed by atoms with Crippen LogP contribution in [-0.4, -0.2) is 39.3 Å². The lowest BCUT2D eigenvalue weighted by atomic mass is 9.74. The van der Waals surface area contributed by atoms with Crippen LogP contribution in [0.2, 0.25) is 39.3 Å².